The average Bonchev–Trinajstić information content (AvgIpc) is 2.21. The molecule has 1 aromatic carbocycles. The van der Waals surface area contributed by atoms with Gasteiger partial charge in [-0.15, -0.1) is 0 Å². The van der Waals surface area contributed by atoms with E-state index in [4.69, 9.17) is 5.73 Å². The van der Waals surface area contributed by atoms with E-state index < -0.39 is 12.1 Å². The van der Waals surface area contributed by atoms with Crippen molar-refractivity contribution in [2.24, 2.45) is 11.7 Å². The molecule has 0 bridgehead atoms. The van der Waals surface area contributed by atoms with Gasteiger partial charge >= 0.3 is 0 Å². The molecule has 0 saturated heterocycles. The maximum Gasteiger partial charge on any atom is 0.134 e. The number of phenols is 1. The van der Waals surface area contributed by atoms with Gasteiger partial charge in [0, 0.05) is 10.0 Å². The van der Waals surface area contributed by atoms with Crippen LogP contribution in [0.2, 0.25) is 0 Å². The van der Waals surface area contributed by atoms with Crippen LogP contribution in [0.3, 0.4) is 0 Å². The summed E-state index contributed by atoms with van der Waals surface area (Å²) in [4.78, 5) is 0. The van der Waals surface area contributed by atoms with Crippen molar-refractivity contribution in [3.63, 3.8) is 0 Å². The highest BCUT2D eigenvalue weighted by Gasteiger charge is 2.23. The highest BCUT2D eigenvalue weighted by atomic mass is 79.9. The summed E-state index contributed by atoms with van der Waals surface area (Å²) < 4.78 is 1.36. The summed E-state index contributed by atoms with van der Waals surface area (Å²) in [5.41, 5.74) is 6.46. The van der Waals surface area contributed by atoms with Gasteiger partial charge in [-0.1, -0.05) is 29.8 Å². The lowest BCUT2D eigenvalue weighted by Crippen LogP contribution is -2.30. The zero-order valence-corrected chi connectivity index (χ0v) is 12.3. The monoisotopic (exact) mass is 351 g/mol. The second kappa shape index (κ2) is 5.49. The van der Waals surface area contributed by atoms with E-state index in [9.17, 15) is 10.2 Å². The minimum absolute atomic E-state index is 0.0344. The Morgan fingerprint density at radius 2 is 1.81 bits per heavy atom. The molecule has 0 aliphatic carbocycles. The molecule has 1 rings (SSSR count). The van der Waals surface area contributed by atoms with Gasteiger partial charge in [-0.05, 0) is 34.0 Å². The highest BCUT2D eigenvalue weighted by Crippen LogP contribution is 2.36. The van der Waals surface area contributed by atoms with Crippen molar-refractivity contribution in [3.05, 3.63) is 26.6 Å². The Balaban J connectivity index is 3.13. The third kappa shape index (κ3) is 2.97. The third-order valence-electron chi connectivity index (χ3n) is 2.47. The molecule has 0 radical (unpaired) electrons. The zero-order valence-electron chi connectivity index (χ0n) is 9.11. The molecule has 0 aliphatic rings. The molecular weight excluding hydrogens is 338 g/mol. The van der Waals surface area contributed by atoms with Crippen LogP contribution in [0, 0.1) is 5.92 Å². The number of phenolic OH excluding ortho intramolecular Hbond substituents is 1. The quantitative estimate of drug-likeness (QED) is 0.783. The van der Waals surface area contributed by atoms with Crippen LogP contribution in [0.5, 0.6) is 5.75 Å². The molecule has 0 spiro atoms. The normalized spacial score (nSPS) is 15.2. The summed E-state index contributed by atoms with van der Waals surface area (Å²) in [5, 5.41) is 19.8. The van der Waals surface area contributed by atoms with Gasteiger partial charge < -0.3 is 15.9 Å². The number of rotatable bonds is 3. The first-order valence-electron chi connectivity index (χ1n) is 4.96. The Bertz CT molecular complexity index is 382. The van der Waals surface area contributed by atoms with Crippen LogP contribution in [0.25, 0.3) is 0 Å². The minimum atomic E-state index is -0.688. The topological polar surface area (TPSA) is 66.5 Å². The Labute approximate surface area is 112 Å². The molecule has 0 fully saturated rings. The molecule has 0 heterocycles. The number of hydrogen-bond acceptors (Lipinski definition) is 3. The fourth-order valence-electron chi connectivity index (χ4n) is 1.44. The number of hydrogen-bond donors (Lipinski definition) is 3. The Kier molecular flexibility index (Phi) is 4.79. The first kappa shape index (κ1) is 14.0. The van der Waals surface area contributed by atoms with E-state index in [2.05, 4.69) is 31.9 Å². The highest BCUT2D eigenvalue weighted by molar-refractivity contribution is 9.11. The summed E-state index contributed by atoms with van der Waals surface area (Å²) in [5.74, 6) is 0.113. The summed E-state index contributed by atoms with van der Waals surface area (Å²) in [6.45, 7) is 3.77. The summed E-state index contributed by atoms with van der Waals surface area (Å²) >= 11 is 6.56. The predicted molar refractivity (Wildman–Crippen MR) is 71.3 cm³/mol. The zero-order chi connectivity index (χ0) is 12.5. The van der Waals surface area contributed by atoms with Crippen molar-refractivity contribution in [2.45, 2.75) is 26.0 Å². The molecule has 5 heteroatoms. The predicted octanol–water partition coefficient (Wildman–Crippen LogP) is 2.93. The van der Waals surface area contributed by atoms with E-state index in [0.29, 0.717) is 10.0 Å². The molecule has 0 saturated carbocycles. The van der Waals surface area contributed by atoms with Crippen molar-refractivity contribution in [1.29, 1.82) is 0 Å². The van der Waals surface area contributed by atoms with Gasteiger partial charge in [0.05, 0.1) is 16.6 Å². The molecular formula is C11H15Br2NO2. The third-order valence-corrected chi connectivity index (χ3v) is 3.53. The number of halogens is 2. The molecule has 0 unspecified atom stereocenters. The Morgan fingerprint density at radius 3 is 2.31 bits per heavy atom. The Morgan fingerprint density at radius 1 is 1.25 bits per heavy atom. The van der Waals surface area contributed by atoms with E-state index in [1.165, 1.54) is 0 Å². The van der Waals surface area contributed by atoms with Crippen LogP contribution < -0.4 is 5.73 Å². The maximum absolute atomic E-state index is 9.89. The summed E-state index contributed by atoms with van der Waals surface area (Å²) in [6, 6.07) is 2.85. The fourth-order valence-corrected chi connectivity index (χ4v) is 2.70. The maximum atomic E-state index is 9.89. The molecule has 0 aliphatic heterocycles. The number of nitrogens with two attached hydrogens (primary N) is 1. The molecule has 16 heavy (non-hydrogen) atoms. The molecule has 2 atom stereocenters. The SMILES string of the molecule is CC(C)[C@H](O)[C@H](N)c1cc(Br)cc(Br)c1O. The van der Waals surface area contributed by atoms with Gasteiger partial charge in [0.25, 0.3) is 0 Å². The number of benzene rings is 1. The summed E-state index contributed by atoms with van der Waals surface area (Å²) in [6.07, 6.45) is -0.688. The van der Waals surface area contributed by atoms with Crippen molar-refractivity contribution >= 4 is 31.9 Å². The first-order chi connectivity index (χ1) is 7.34. The molecule has 0 amide bonds. The molecule has 0 aromatic heterocycles. The van der Waals surface area contributed by atoms with E-state index in [-0.39, 0.29) is 11.7 Å². The largest absolute Gasteiger partial charge is 0.506 e. The van der Waals surface area contributed by atoms with Crippen LogP contribution in [0.1, 0.15) is 25.5 Å². The van der Waals surface area contributed by atoms with Gasteiger partial charge in [0.2, 0.25) is 0 Å². The van der Waals surface area contributed by atoms with Crippen LogP contribution >= 0.6 is 31.9 Å². The summed E-state index contributed by atoms with van der Waals surface area (Å²) in [7, 11) is 0. The van der Waals surface area contributed by atoms with Crippen LogP contribution in [0.15, 0.2) is 21.1 Å². The lowest BCUT2D eigenvalue weighted by atomic mass is 9.94. The van der Waals surface area contributed by atoms with Gasteiger partial charge in [-0.3, -0.25) is 0 Å². The average molecular weight is 353 g/mol. The van der Waals surface area contributed by atoms with Crippen molar-refractivity contribution in [3.8, 4) is 5.75 Å². The van der Waals surface area contributed by atoms with Crippen molar-refractivity contribution < 1.29 is 10.2 Å². The van der Waals surface area contributed by atoms with E-state index in [1.54, 1.807) is 12.1 Å². The fraction of sp³-hybridized carbons (Fsp3) is 0.455. The second-order valence-electron chi connectivity index (χ2n) is 4.09. The molecule has 1 aromatic rings. The number of aliphatic hydroxyl groups excluding tert-OH is 1. The first-order valence-corrected chi connectivity index (χ1v) is 6.54. The molecule has 90 valence electrons. The van der Waals surface area contributed by atoms with Gasteiger partial charge in [0.15, 0.2) is 0 Å². The molecule has 4 N–H and O–H groups in total. The molecule has 3 nitrogen and oxygen atoms in total. The van der Waals surface area contributed by atoms with Gasteiger partial charge in [-0.2, -0.15) is 0 Å². The second-order valence-corrected chi connectivity index (χ2v) is 5.86. The van der Waals surface area contributed by atoms with Crippen LogP contribution in [-0.2, 0) is 0 Å². The standard InChI is InChI=1S/C11H15Br2NO2/c1-5(2)10(15)9(14)7-3-6(12)4-8(13)11(7)16/h3-5,9-10,15-16H,14H2,1-2H3/t9-,10+/m1/s1. The van der Waals surface area contributed by atoms with Gasteiger partial charge in [0.1, 0.15) is 5.75 Å². The van der Waals surface area contributed by atoms with Gasteiger partial charge in [-0.25, -0.2) is 0 Å². The van der Waals surface area contributed by atoms with Crippen molar-refractivity contribution in [2.75, 3.05) is 0 Å². The van der Waals surface area contributed by atoms with Crippen LogP contribution in [-0.4, -0.2) is 16.3 Å². The number of aromatic hydroxyl groups is 1. The van der Waals surface area contributed by atoms with E-state index in [1.807, 2.05) is 13.8 Å². The van der Waals surface area contributed by atoms with E-state index in [0.717, 1.165) is 4.47 Å². The smallest absolute Gasteiger partial charge is 0.134 e. The van der Waals surface area contributed by atoms with Crippen LogP contribution in [0.4, 0.5) is 0 Å². The number of aliphatic hydroxyl groups is 1. The Hall–Kier alpha value is -0.100. The van der Waals surface area contributed by atoms with E-state index >= 15 is 0 Å². The lowest BCUT2D eigenvalue weighted by Gasteiger charge is -2.23. The minimum Gasteiger partial charge on any atom is -0.506 e. The van der Waals surface area contributed by atoms with Crippen molar-refractivity contribution in [1.82, 2.24) is 0 Å². The lowest BCUT2D eigenvalue weighted by molar-refractivity contribution is 0.0969.